The number of ether oxygens (including phenoxy) is 1. The number of carbonyl (C=O) groups excluding carboxylic acids is 2. The number of methoxy groups -OCH3 is 1. The number of likely N-dealkylation sites (N-methyl/N-ethyl adjacent to an activating group) is 1. The van der Waals surface area contributed by atoms with Crippen LogP contribution in [-0.2, 0) is 14.3 Å². The van der Waals surface area contributed by atoms with E-state index in [0.717, 1.165) is 25.9 Å². The molecule has 1 fully saturated rings. The molecule has 0 aromatic heterocycles. The average molecular weight is 317 g/mol. The molecule has 0 aromatic carbocycles. The maximum atomic E-state index is 12.3. The van der Waals surface area contributed by atoms with E-state index in [-0.39, 0.29) is 18.4 Å². The smallest absolute Gasteiger partial charge is 0.241 e. The standard InChI is InChI=1S/C14H27N3O3S/c1-16(2)13(18)10-17(8-9-20-3)14(19)11-21-12-4-6-15-7-5-12/h12,15H,4-11H2,1-3H3. The van der Waals surface area contributed by atoms with Gasteiger partial charge in [0.15, 0.2) is 0 Å². The summed E-state index contributed by atoms with van der Waals surface area (Å²) in [6.07, 6.45) is 2.21. The van der Waals surface area contributed by atoms with E-state index in [1.54, 1.807) is 37.9 Å². The second-order valence-corrected chi connectivity index (χ2v) is 6.65. The summed E-state index contributed by atoms with van der Waals surface area (Å²) in [5.74, 6) is 0.395. The Balaban J connectivity index is 2.43. The van der Waals surface area contributed by atoms with Crippen LogP contribution in [0.2, 0.25) is 0 Å². The van der Waals surface area contributed by atoms with Crippen LogP contribution in [-0.4, -0.2) is 86.6 Å². The molecule has 122 valence electrons. The maximum absolute atomic E-state index is 12.3. The van der Waals surface area contributed by atoms with Gasteiger partial charge in [0.25, 0.3) is 0 Å². The lowest BCUT2D eigenvalue weighted by Gasteiger charge is -2.26. The van der Waals surface area contributed by atoms with Crippen molar-refractivity contribution in [3.8, 4) is 0 Å². The summed E-state index contributed by atoms with van der Waals surface area (Å²) in [7, 11) is 5.00. The molecule has 2 amide bonds. The van der Waals surface area contributed by atoms with Crippen molar-refractivity contribution in [2.75, 3.05) is 59.7 Å². The predicted octanol–water partition coefficient (Wildman–Crippen LogP) is 0.0348. The molecule has 0 aliphatic carbocycles. The molecule has 1 aliphatic rings. The molecule has 0 aromatic rings. The number of amides is 2. The van der Waals surface area contributed by atoms with Crippen LogP contribution in [0, 0.1) is 0 Å². The predicted molar refractivity (Wildman–Crippen MR) is 85.5 cm³/mol. The zero-order valence-electron chi connectivity index (χ0n) is 13.3. The Morgan fingerprint density at radius 3 is 2.48 bits per heavy atom. The largest absolute Gasteiger partial charge is 0.383 e. The van der Waals surface area contributed by atoms with Gasteiger partial charge in [-0.1, -0.05) is 0 Å². The fraction of sp³-hybridized carbons (Fsp3) is 0.857. The lowest BCUT2D eigenvalue weighted by molar-refractivity contribution is -0.138. The van der Waals surface area contributed by atoms with Crippen molar-refractivity contribution >= 4 is 23.6 Å². The number of rotatable bonds is 8. The first-order chi connectivity index (χ1) is 10.0. The highest BCUT2D eigenvalue weighted by Crippen LogP contribution is 2.20. The third-order valence-corrected chi connectivity index (χ3v) is 4.83. The first-order valence-electron chi connectivity index (χ1n) is 7.33. The van der Waals surface area contributed by atoms with Crippen molar-refractivity contribution in [2.24, 2.45) is 0 Å². The van der Waals surface area contributed by atoms with Crippen LogP contribution in [0.5, 0.6) is 0 Å². The summed E-state index contributed by atoms with van der Waals surface area (Å²) in [6.45, 7) is 3.09. The first kappa shape index (κ1) is 18.3. The van der Waals surface area contributed by atoms with Gasteiger partial charge in [0, 0.05) is 33.0 Å². The molecule has 1 heterocycles. The Kier molecular flexibility index (Phi) is 8.72. The van der Waals surface area contributed by atoms with E-state index in [1.165, 1.54) is 4.90 Å². The van der Waals surface area contributed by atoms with E-state index in [1.807, 2.05) is 0 Å². The molecule has 1 N–H and O–H groups in total. The van der Waals surface area contributed by atoms with Crippen LogP contribution in [0.25, 0.3) is 0 Å². The van der Waals surface area contributed by atoms with E-state index >= 15 is 0 Å². The van der Waals surface area contributed by atoms with Crippen LogP contribution in [0.3, 0.4) is 0 Å². The van der Waals surface area contributed by atoms with Crippen LogP contribution in [0.1, 0.15) is 12.8 Å². The summed E-state index contributed by atoms with van der Waals surface area (Å²) >= 11 is 1.71. The fourth-order valence-electron chi connectivity index (χ4n) is 2.04. The quantitative estimate of drug-likeness (QED) is 0.685. The normalized spacial score (nSPS) is 15.8. The Labute approximate surface area is 131 Å². The van der Waals surface area contributed by atoms with E-state index in [4.69, 9.17) is 4.74 Å². The van der Waals surface area contributed by atoms with Gasteiger partial charge in [-0.2, -0.15) is 0 Å². The highest BCUT2D eigenvalue weighted by molar-refractivity contribution is 8.00. The number of hydrogen-bond acceptors (Lipinski definition) is 5. The highest BCUT2D eigenvalue weighted by Gasteiger charge is 2.20. The van der Waals surface area contributed by atoms with Gasteiger partial charge in [0.1, 0.15) is 0 Å². The van der Waals surface area contributed by atoms with Crippen LogP contribution < -0.4 is 5.32 Å². The van der Waals surface area contributed by atoms with Crippen LogP contribution in [0.15, 0.2) is 0 Å². The summed E-state index contributed by atoms with van der Waals surface area (Å²) in [6, 6.07) is 0. The van der Waals surface area contributed by atoms with E-state index in [9.17, 15) is 9.59 Å². The monoisotopic (exact) mass is 317 g/mol. The number of hydrogen-bond donors (Lipinski definition) is 1. The zero-order chi connectivity index (χ0) is 15.7. The molecule has 1 aliphatic heterocycles. The molecule has 0 saturated carbocycles. The Bertz CT molecular complexity index is 333. The first-order valence-corrected chi connectivity index (χ1v) is 8.38. The molecular formula is C14H27N3O3S. The zero-order valence-corrected chi connectivity index (χ0v) is 14.1. The van der Waals surface area contributed by atoms with E-state index in [0.29, 0.717) is 24.2 Å². The third kappa shape index (κ3) is 7.15. The number of carbonyl (C=O) groups is 2. The van der Waals surface area contributed by atoms with Crippen LogP contribution in [0.4, 0.5) is 0 Å². The third-order valence-electron chi connectivity index (χ3n) is 3.47. The number of nitrogens with zero attached hydrogens (tertiary/aromatic N) is 2. The van der Waals surface area contributed by atoms with Crippen molar-refractivity contribution in [3.63, 3.8) is 0 Å². The van der Waals surface area contributed by atoms with E-state index in [2.05, 4.69) is 5.32 Å². The SMILES string of the molecule is COCCN(CC(=O)N(C)C)C(=O)CSC1CCNCC1. The van der Waals surface area contributed by atoms with Gasteiger partial charge in [-0.15, -0.1) is 11.8 Å². The van der Waals surface area contributed by atoms with Crippen molar-refractivity contribution in [3.05, 3.63) is 0 Å². The van der Waals surface area contributed by atoms with Gasteiger partial charge in [0.05, 0.1) is 18.9 Å². The summed E-state index contributed by atoms with van der Waals surface area (Å²) in [4.78, 5) is 27.2. The minimum absolute atomic E-state index is 0.0192. The molecule has 6 nitrogen and oxygen atoms in total. The minimum atomic E-state index is -0.0636. The summed E-state index contributed by atoms with van der Waals surface area (Å²) in [5.41, 5.74) is 0. The van der Waals surface area contributed by atoms with Gasteiger partial charge in [-0.05, 0) is 25.9 Å². The topological polar surface area (TPSA) is 61.9 Å². The van der Waals surface area contributed by atoms with Crippen molar-refractivity contribution in [2.45, 2.75) is 18.1 Å². The fourth-order valence-corrected chi connectivity index (χ4v) is 3.17. The second-order valence-electron chi connectivity index (χ2n) is 5.36. The molecule has 21 heavy (non-hydrogen) atoms. The average Bonchev–Trinajstić information content (AvgIpc) is 2.49. The van der Waals surface area contributed by atoms with E-state index < -0.39 is 0 Å². The Hall–Kier alpha value is -0.790. The number of nitrogens with one attached hydrogen (secondary N) is 1. The Morgan fingerprint density at radius 1 is 1.24 bits per heavy atom. The van der Waals surface area contributed by atoms with Gasteiger partial charge >= 0.3 is 0 Å². The maximum Gasteiger partial charge on any atom is 0.241 e. The molecule has 0 radical (unpaired) electrons. The van der Waals surface area contributed by atoms with Gasteiger partial charge < -0.3 is 19.9 Å². The summed E-state index contributed by atoms with van der Waals surface area (Å²) in [5, 5.41) is 3.86. The van der Waals surface area contributed by atoms with Crippen LogP contribution >= 0.6 is 11.8 Å². The molecule has 0 bridgehead atoms. The molecule has 1 rings (SSSR count). The Morgan fingerprint density at radius 2 is 1.90 bits per heavy atom. The van der Waals surface area contributed by atoms with Gasteiger partial charge in [-0.3, -0.25) is 9.59 Å². The van der Waals surface area contributed by atoms with Gasteiger partial charge in [-0.25, -0.2) is 0 Å². The molecule has 0 atom stereocenters. The lowest BCUT2D eigenvalue weighted by Crippen LogP contribution is -2.43. The lowest BCUT2D eigenvalue weighted by atomic mass is 10.2. The molecule has 0 spiro atoms. The van der Waals surface area contributed by atoms with Gasteiger partial charge in [0.2, 0.25) is 11.8 Å². The molecule has 0 unspecified atom stereocenters. The number of thioether (sulfide) groups is 1. The van der Waals surface area contributed by atoms with Crippen molar-refractivity contribution in [1.82, 2.24) is 15.1 Å². The highest BCUT2D eigenvalue weighted by atomic mass is 32.2. The van der Waals surface area contributed by atoms with Crippen molar-refractivity contribution in [1.29, 1.82) is 0 Å². The minimum Gasteiger partial charge on any atom is -0.383 e. The second kappa shape index (κ2) is 10.0. The molecular weight excluding hydrogens is 290 g/mol. The van der Waals surface area contributed by atoms with Crippen molar-refractivity contribution < 1.29 is 14.3 Å². The molecule has 1 saturated heterocycles. The molecule has 7 heteroatoms. The number of piperidine rings is 1. The summed E-state index contributed by atoms with van der Waals surface area (Å²) < 4.78 is 5.03.